The van der Waals surface area contributed by atoms with Crippen LogP contribution in [-0.2, 0) is 9.84 Å². The average molecular weight is 222 g/mol. The highest BCUT2D eigenvalue weighted by Crippen LogP contribution is 1.96. The third kappa shape index (κ3) is 11.9. The van der Waals surface area contributed by atoms with Gasteiger partial charge in [-0.1, -0.05) is 0 Å². The molecule has 0 aliphatic rings. The second-order valence-corrected chi connectivity index (χ2v) is 6.82. The molecule has 0 aromatic rings. The summed E-state index contributed by atoms with van der Waals surface area (Å²) in [5.74, 6) is 0.211. The molecule has 0 amide bonds. The first-order valence-corrected chi connectivity index (χ1v) is 6.90. The highest BCUT2D eigenvalue weighted by atomic mass is 32.2. The SMILES string of the molecule is CC(C)(C)NCCNCCS(C)(=O)=O. The molecule has 86 valence electrons. The Kier molecular flexibility index (Phi) is 5.63. The maximum Gasteiger partial charge on any atom is 0.148 e. The first kappa shape index (κ1) is 13.9. The van der Waals surface area contributed by atoms with Crippen molar-refractivity contribution >= 4 is 9.84 Å². The predicted molar refractivity (Wildman–Crippen MR) is 60.3 cm³/mol. The van der Waals surface area contributed by atoms with Crippen molar-refractivity contribution in [2.75, 3.05) is 31.6 Å². The van der Waals surface area contributed by atoms with E-state index in [4.69, 9.17) is 0 Å². The minimum atomic E-state index is -2.82. The lowest BCUT2D eigenvalue weighted by Crippen LogP contribution is -2.40. The van der Waals surface area contributed by atoms with Crippen molar-refractivity contribution in [2.24, 2.45) is 0 Å². The molecule has 0 fully saturated rings. The van der Waals surface area contributed by atoms with Crippen molar-refractivity contribution in [2.45, 2.75) is 26.3 Å². The van der Waals surface area contributed by atoms with Crippen LogP contribution in [0.3, 0.4) is 0 Å². The molecule has 0 rings (SSSR count). The maximum absolute atomic E-state index is 10.8. The molecule has 0 saturated carbocycles. The first-order chi connectivity index (χ1) is 6.21. The van der Waals surface area contributed by atoms with Gasteiger partial charge in [0.05, 0.1) is 5.75 Å². The van der Waals surface area contributed by atoms with Gasteiger partial charge in [0.2, 0.25) is 0 Å². The Morgan fingerprint density at radius 3 is 2.07 bits per heavy atom. The second-order valence-electron chi connectivity index (χ2n) is 4.56. The fourth-order valence-corrected chi connectivity index (χ4v) is 1.42. The molecule has 0 atom stereocenters. The van der Waals surface area contributed by atoms with Gasteiger partial charge in [0.1, 0.15) is 9.84 Å². The zero-order valence-corrected chi connectivity index (χ0v) is 10.4. The zero-order chi connectivity index (χ0) is 11.2. The van der Waals surface area contributed by atoms with E-state index in [1.165, 1.54) is 6.26 Å². The van der Waals surface area contributed by atoms with Crippen LogP contribution in [0.1, 0.15) is 20.8 Å². The van der Waals surface area contributed by atoms with Gasteiger partial charge in [0, 0.05) is 31.4 Å². The van der Waals surface area contributed by atoms with Crippen molar-refractivity contribution in [3.63, 3.8) is 0 Å². The molecule has 0 bridgehead atoms. The minimum absolute atomic E-state index is 0.124. The molecule has 4 nitrogen and oxygen atoms in total. The van der Waals surface area contributed by atoms with E-state index in [1.807, 2.05) is 0 Å². The number of hydrogen-bond donors (Lipinski definition) is 2. The van der Waals surface area contributed by atoms with Crippen LogP contribution in [0.25, 0.3) is 0 Å². The van der Waals surface area contributed by atoms with Crippen LogP contribution in [0.15, 0.2) is 0 Å². The molecule has 0 aromatic heterocycles. The zero-order valence-electron chi connectivity index (χ0n) is 9.55. The summed E-state index contributed by atoms with van der Waals surface area (Å²) in [4.78, 5) is 0. The Morgan fingerprint density at radius 2 is 1.64 bits per heavy atom. The largest absolute Gasteiger partial charge is 0.314 e. The lowest BCUT2D eigenvalue weighted by molar-refractivity contribution is 0.423. The monoisotopic (exact) mass is 222 g/mol. The van der Waals surface area contributed by atoms with Crippen molar-refractivity contribution < 1.29 is 8.42 Å². The summed E-state index contributed by atoms with van der Waals surface area (Å²) in [6.45, 7) is 8.49. The topological polar surface area (TPSA) is 58.2 Å². The predicted octanol–water partition coefficient (Wildman–Crippen LogP) is 0.00870. The summed E-state index contributed by atoms with van der Waals surface area (Å²) < 4.78 is 21.5. The molecule has 0 aromatic carbocycles. The van der Waals surface area contributed by atoms with Crippen molar-refractivity contribution in [3.05, 3.63) is 0 Å². The fourth-order valence-electron chi connectivity index (χ4n) is 0.908. The molecular formula is C9H22N2O2S. The quantitative estimate of drug-likeness (QED) is 0.622. The van der Waals surface area contributed by atoms with Gasteiger partial charge in [0.15, 0.2) is 0 Å². The molecule has 2 N–H and O–H groups in total. The lowest BCUT2D eigenvalue weighted by Gasteiger charge is -2.20. The normalized spacial score (nSPS) is 13.1. The van der Waals surface area contributed by atoms with Gasteiger partial charge in [-0.15, -0.1) is 0 Å². The van der Waals surface area contributed by atoms with E-state index in [9.17, 15) is 8.42 Å². The van der Waals surface area contributed by atoms with E-state index in [0.29, 0.717) is 6.54 Å². The van der Waals surface area contributed by atoms with Crippen molar-refractivity contribution in [1.29, 1.82) is 0 Å². The molecule has 0 aliphatic carbocycles. The Bertz CT molecular complexity index is 242. The van der Waals surface area contributed by atoms with Gasteiger partial charge >= 0.3 is 0 Å². The second kappa shape index (κ2) is 5.68. The number of hydrogen-bond acceptors (Lipinski definition) is 4. The van der Waals surface area contributed by atoms with Crippen LogP contribution in [0, 0.1) is 0 Å². The molecule has 5 heteroatoms. The lowest BCUT2D eigenvalue weighted by atomic mass is 10.1. The molecule has 0 aliphatic heterocycles. The molecule has 0 saturated heterocycles. The average Bonchev–Trinajstić information content (AvgIpc) is 1.92. The van der Waals surface area contributed by atoms with Crippen LogP contribution >= 0.6 is 0 Å². The molecular weight excluding hydrogens is 200 g/mol. The van der Waals surface area contributed by atoms with Crippen LogP contribution < -0.4 is 10.6 Å². The number of sulfone groups is 1. The molecule has 0 radical (unpaired) electrons. The van der Waals surface area contributed by atoms with E-state index in [-0.39, 0.29) is 11.3 Å². The molecule has 0 heterocycles. The van der Waals surface area contributed by atoms with Gasteiger partial charge < -0.3 is 10.6 Å². The summed E-state index contributed by atoms with van der Waals surface area (Å²) in [6.07, 6.45) is 1.25. The summed E-state index contributed by atoms with van der Waals surface area (Å²) in [5.41, 5.74) is 0.124. The Morgan fingerprint density at radius 1 is 1.07 bits per heavy atom. The smallest absolute Gasteiger partial charge is 0.148 e. The van der Waals surface area contributed by atoms with Gasteiger partial charge in [-0.2, -0.15) is 0 Å². The van der Waals surface area contributed by atoms with Gasteiger partial charge in [0.25, 0.3) is 0 Å². The summed E-state index contributed by atoms with van der Waals surface area (Å²) in [6, 6.07) is 0. The van der Waals surface area contributed by atoms with Crippen molar-refractivity contribution in [3.8, 4) is 0 Å². The standard InChI is InChI=1S/C9H22N2O2S/c1-9(2,3)11-6-5-10-7-8-14(4,12)13/h10-11H,5-8H2,1-4H3. The Hall–Kier alpha value is -0.130. The summed E-state index contributed by atoms with van der Waals surface area (Å²) >= 11 is 0. The van der Waals surface area contributed by atoms with E-state index >= 15 is 0 Å². The number of nitrogens with one attached hydrogen (secondary N) is 2. The van der Waals surface area contributed by atoms with Gasteiger partial charge in [-0.25, -0.2) is 8.42 Å². The van der Waals surface area contributed by atoms with Crippen LogP contribution in [0.4, 0.5) is 0 Å². The first-order valence-electron chi connectivity index (χ1n) is 4.84. The number of rotatable bonds is 6. The van der Waals surface area contributed by atoms with Gasteiger partial charge in [-0.3, -0.25) is 0 Å². The van der Waals surface area contributed by atoms with Crippen LogP contribution in [0.5, 0.6) is 0 Å². The van der Waals surface area contributed by atoms with E-state index in [1.54, 1.807) is 0 Å². The van der Waals surface area contributed by atoms with E-state index in [2.05, 4.69) is 31.4 Å². The third-order valence-corrected chi connectivity index (χ3v) is 2.55. The van der Waals surface area contributed by atoms with Crippen molar-refractivity contribution in [1.82, 2.24) is 10.6 Å². The minimum Gasteiger partial charge on any atom is -0.314 e. The molecule has 0 spiro atoms. The summed E-state index contributed by atoms with van der Waals surface area (Å²) in [7, 11) is -2.82. The molecule has 0 unspecified atom stereocenters. The summed E-state index contributed by atoms with van der Waals surface area (Å²) in [5, 5.41) is 6.38. The van der Waals surface area contributed by atoms with E-state index in [0.717, 1.165) is 13.1 Å². The third-order valence-electron chi connectivity index (χ3n) is 1.61. The van der Waals surface area contributed by atoms with Crippen LogP contribution in [-0.4, -0.2) is 45.6 Å². The Balaban J connectivity index is 3.32. The molecule has 14 heavy (non-hydrogen) atoms. The van der Waals surface area contributed by atoms with Gasteiger partial charge in [-0.05, 0) is 20.8 Å². The maximum atomic E-state index is 10.8. The van der Waals surface area contributed by atoms with E-state index < -0.39 is 9.84 Å². The van der Waals surface area contributed by atoms with Crippen LogP contribution in [0.2, 0.25) is 0 Å². The fraction of sp³-hybridized carbons (Fsp3) is 1.00. The Labute approximate surface area is 87.4 Å². The highest BCUT2D eigenvalue weighted by molar-refractivity contribution is 7.90. The highest BCUT2D eigenvalue weighted by Gasteiger charge is 2.07.